The Balaban J connectivity index is 1.57. The highest BCUT2D eigenvalue weighted by Crippen LogP contribution is 2.31. The maximum Gasteiger partial charge on any atom is 0.241 e. The molecule has 1 aromatic rings. The van der Waals surface area contributed by atoms with Gasteiger partial charge in [0, 0.05) is 38.6 Å². The molecule has 2 aliphatic heterocycles. The summed E-state index contributed by atoms with van der Waals surface area (Å²) in [4.78, 5) is 28.8. The lowest BCUT2D eigenvalue weighted by atomic mass is 10.1. The van der Waals surface area contributed by atoms with Crippen molar-refractivity contribution < 1.29 is 14.3 Å². The highest BCUT2D eigenvalue weighted by Gasteiger charge is 2.29. The number of fused-ring (bicyclic) bond motifs is 1. The highest BCUT2D eigenvalue weighted by molar-refractivity contribution is 6.04. The van der Waals surface area contributed by atoms with Crippen LogP contribution >= 0.6 is 0 Å². The number of nitrogens with one attached hydrogen (secondary N) is 2. The van der Waals surface area contributed by atoms with Crippen LogP contribution in [0.1, 0.15) is 13.3 Å². The first-order valence-electron chi connectivity index (χ1n) is 8.87. The Morgan fingerprint density at radius 1 is 1.32 bits per heavy atom. The quantitative estimate of drug-likeness (QED) is 0.767. The topological polar surface area (TPSA) is 73.9 Å². The Hall–Kier alpha value is -1.96. The number of nitrogens with zero attached hydrogens (tertiary/aromatic N) is 2. The van der Waals surface area contributed by atoms with Gasteiger partial charge in [-0.05, 0) is 19.1 Å². The summed E-state index contributed by atoms with van der Waals surface area (Å²) in [5, 5.41) is 6.11. The Bertz CT molecular complexity index is 616. The predicted octanol–water partition coefficient (Wildman–Crippen LogP) is 0.672. The second-order valence-electron chi connectivity index (χ2n) is 6.51. The van der Waals surface area contributed by atoms with Crippen LogP contribution in [0.5, 0.6) is 0 Å². The molecule has 2 aliphatic rings. The molecular formula is C18H26N4O3. The number of carbonyl (C=O) groups excluding carboxylic acids is 2. The van der Waals surface area contributed by atoms with Crippen LogP contribution in [0.2, 0.25) is 0 Å². The van der Waals surface area contributed by atoms with Gasteiger partial charge >= 0.3 is 0 Å². The van der Waals surface area contributed by atoms with Crippen LogP contribution in [0.3, 0.4) is 0 Å². The van der Waals surface area contributed by atoms with Gasteiger partial charge < -0.3 is 20.3 Å². The molecule has 136 valence electrons. The standard InChI is InChI=1S/C18H26N4O3/c1-14-12-17(23)20-15-4-2-3-5-16(15)22(14)18(24)13-19-6-7-21-8-10-25-11-9-21/h2-5,14,19H,6-13H2,1H3,(H,20,23)/t14-/m1/s1. The van der Waals surface area contributed by atoms with E-state index in [0.29, 0.717) is 12.1 Å². The first-order valence-corrected chi connectivity index (χ1v) is 8.87. The fourth-order valence-electron chi connectivity index (χ4n) is 3.31. The molecule has 3 rings (SSSR count). The van der Waals surface area contributed by atoms with Crippen molar-refractivity contribution in [1.29, 1.82) is 0 Å². The van der Waals surface area contributed by atoms with Crippen LogP contribution in [0.4, 0.5) is 11.4 Å². The second kappa shape index (κ2) is 8.42. The third-order valence-corrected chi connectivity index (χ3v) is 4.61. The molecule has 0 aromatic heterocycles. The van der Waals surface area contributed by atoms with Crippen molar-refractivity contribution in [2.24, 2.45) is 0 Å². The van der Waals surface area contributed by atoms with Gasteiger partial charge in [-0.15, -0.1) is 0 Å². The van der Waals surface area contributed by atoms with E-state index in [4.69, 9.17) is 4.74 Å². The zero-order valence-electron chi connectivity index (χ0n) is 14.7. The smallest absolute Gasteiger partial charge is 0.241 e. The van der Waals surface area contributed by atoms with Crippen molar-refractivity contribution in [1.82, 2.24) is 10.2 Å². The molecule has 0 spiro atoms. The molecule has 1 saturated heterocycles. The summed E-state index contributed by atoms with van der Waals surface area (Å²) < 4.78 is 5.33. The van der Waals surface area contributed by atoms with Crippen LogP contribution in [-0.2, 0) is 14.3 Å². The lowest BCUT2D eigenvalue weighted by molar-refractivity contribution is -0.118. The summed E-state index contributed by atoms with van der Waals surface area (Å²) in [7, 11) is 0. The fraction of sp³-hybridized carbons (Fsp3) is 0.556. The van der Waals surface area contributed by atoms with Gasteiger partial charge in [0.1, 0.15) is 0 Å². The number of carbonyl (C=O) groups is 2. The van der Waals surface area contributed by atoms with Crippen molar-refractivity contribution in [2.45, 2.75) is 19.4 Å². The van der Waals surface area contributed by atoms with Crippen LogP contribution in [0.25, 0.3) is 0 Å². The number of hydrogen-bond donors (Lipinski definition) is 2. The van der Waals surface area contributed by atoms with Gasteiger partial charge in [0.2, 0.25) is 11.8 Å². The third-order valence-electron chi connectivity index (χ3n) is 4.61. The molecule has 0 saturated carbocycles. The van der Waals surface area contributed by atoms with Crippen LogP contribution in [-0.4, -0.2) is 68.7 Å². The molecule has 7 heteroatoms. The normalized spacial score (nSPS) is 21.4. The summed E-state index contributed by atoms with van der Waals surface area (Å²) in [5.41, 5.74) is 1.46. The van der Waals surface area contributed by atoms with E-state index in [0.717, 1.165) is 45.1 Å². The summed E-state index contributed by atoms with van der Waals surface area (Å²) in [6.45, 7) is 7.28. The minimum atomic E-state index is -0.169. The molecule has 25 heavy (non-hydrogen) atoms. The second-order valence-corrected chi connectivity index (χ2v) is 6.51. The molecule has 1 fully saturated rings. The van der Waals surface area contributed by atoms with E-state index in [1.54, 1.807) is 4.90 Å². The average Bonchev–Trinajstić information content (AvgIpc) is 2.73. The zero-order chi connectivity index (χ0) is 17.6. The molecular weight excluding hydrogens is 320 g/mol. The first-order chi connectivity index (χ1) is 12.1. The highest BCUT2D eigenvalue weighted by atomic mass is 16.5. The summed E-state index contributed by atoms with van der Waals surface area (Å²) >= 11 is 0. The van der Waals surface area contributed by atoms with Crippen molar-refractivity contribution in [3.05, 3.63) is 24.3 Å². The van der Waals surface area contributed by atoms with E-state index in [9.17, 15) is 9.59 Å². The van der Waals surface area contributed by atoms with Gasteiger partial charge in [-0.25, -0.2) is 0 Å². The number of anilines is 2. The maximum absolute atomic E-state index is 12.8. The first kappa shape index (κ1) is 17.8. The number of para-hydroxylation sites is 2. The minimum absolute atomic E-state index is 0.0153. The largest absolute Gasteiger partial charge is 0.379 e. The predicted molar refractivity (Wildman–Crippen MR) is 96.8 cm³/mol. The molecule has 0 aliphatic carbocycles. The molecule has 0 radical (unpaired) electrons. The van der Waals surface area contributed by atoms with E-state index >= 15 is 0 Å². The van der Waals surface area contributed by atoms with Gasteiger partial charge in [-0.3, -0.25) is 14.5 Å². The molecule has 2 N–H and O–H groups in total. The molecule has 2 amide bonds. The lowest BCUT2D eigenvalue weighted by Crippen LogP contribution is -2.46. The Morgan fingerprint density at radius 2 is 2.08 bits per heavy atom. The SMILES string of the molecule is C[C@@H]1CC(=O)Nc2ccccc2N1C(=O)CNCCN1CCOCC1. The summed E-state index contributed by atoms with van der Waals surface area (Å²) in [6, 6.07) is 7.28. The fourth-order valence-corrected chi connectivity index (χ4v) is 3.31. The van der Waals surface area contributed by atoms with Crippen molar-refractivity contribution in [3.8, 4) is 0 Å². The number of rotatable bonds is 5. The van der Waals surface area contributed by atoms with Gasteiger partial charge in [0.25, 0.3) is 0 Å². The van der Waals surface area contributed by atoms with Gasteiger partial charge in [0.05, 0.1) is 31.1 Å². The zero-order valence-corrected chi connectivity index (χ0v) is 14.7. The number of amides is 2. The van der Waals surface area contributed by atoms with Crippen LogP contribution < -0.4 is 15.5 Å². The average molecular weight is 346 g/mol. The van der Waals surface area contributed by atoms with Crippen molar-refractivity contribution in [2.75, 3.05) is 56.2 Å². The number of hydrogen-bond acceptors (Lipinski definition) is 5. The monoisotopic (exact) mass is 346 g/mol. The molecule has 0 unspecified atom stereocenters. The molecule has 2 heterocycles. The minimum Gasteiger partial charge on any atom is -0.379 e. The molecule has 7 nitrogen and oxygen atoms in total. The van der Waals surface area contributed by atoms with E-state index in [1.165, 1.54) is 0 Å². The molecule has 0 bridgehead atoms. The maximum atomic E-state index is 12.8. The van der Waals surface area contributed by atoms with Crippen LogP contribution in [0, 0.1) is 0 Å². The van der Waals surface area contributed by atoms with Crippen LogP contribution in [0.15, 0.2) is 24.3 Å². The lowest BCUT2D eigenvalue weighted by Gasteiger charge is -2.29. The van der Waals surface area contributed by atoms with E-state index in [1.807, 2.05) is 31.2 Å². The van der Waals surface area contributed by atoms with E-state index in [-0.39, 0.29) is 24.4 Å². The van der Waals surface area contributed by atoms with Gasteiger partial charge in [-0.1, -0.05) is 12.1 Å². The van der Waals surface area contributed by atoms with Gasteiger partial charge in [0.15, 0.2) is 0 Å². The third kappa shape index (κ3) is 4.56. The Labute approximate surface area is 148 Å². The molecule has 1 aromatic carbocycles. The number of morpholine rings is 1. The van der Waals surface area contributed by atoms with Gasteiger partial charge in [-0.2, -0.15) is 0 Å². The van der Waals surface area contributed by atoms with Crippen molar-refractivity contribution in [3.63, 3.8) is 0 Å². The number of ether oxygens (including phenoxy) is 1. The number of benzene rings is 1. The molecule has 1 atom stereocenters. The van der Waals surface area contributed by atoms with E-state index < -0.39 is 0 Å². The Kier molecular flexibility index (Phi) is 6.01. The van der Waals surface area contributed by atoms with E-state index in [2.05, 4.69) is 15.5 Å². The van der Waals surface area contributed by atoms with Crippen molar-refractivity contribution >= 4 is 23.2 Å². The Morgan fingerprint density at radius 3 is 2.88 bits per heavy atom. The summed E-state index contributed by atoms with van der Waals surface area (Å²) in [6.07, 6.45) is 0.300. The summed E-state index contributed by atoms with van der Waals surface area (Å²) in [5.74, 6) is -0.0750.